The molecule has 0 spiro atoms. The van der Waals surface area contributed by atoms with Crippen LogP contribution in [0, 0.1) is 0 Å². The third kappa shape index (κ3) is 8.29. The van der Waals surface area contributed by atoms with Crippen molar-refractivity contribution in [2.45, 2.75) is 77.4 Å². The van der Waals surface area contributed by atoms with Crippen molar-refractivity contribution in [3.63, 3.8) is 0 Å². The van der Waals surface area contributed by atoms with Crippen LogP contribution in [0.1, 0.15) is 99.7 Å². The summed E-state index contributed by atoms with van der Waals surface area (Å²) in [5.41, 5.74) is 3.66. The molecule has 0 bridgehead atoms. The fraction of sp³-hybridized carbons (Fsp3) is 0.472. The van der Waals surface area contributed by atoms with Gasteiger partial charge in [0.05, 0.1) is 18.8 Å². The highest BCUT2D eigenvalue weighted by Crippen LogP contribution is 2.39. The first kappa shape index (κ1) is 34.8. The van der Waals surface area contributed by atoms with Crippen LogP contribution in [0.15, 0.2) is 54.7 Å². The molecule has 256 valence electrons. The van der Waals surface area contributed by atoms with Gasteiger partial charge in [0.1, 0.15) is 23.4 Å². The van der Waals surface area contributed by atoms with Gasteiger partial charge in [-0.15, -0.1) is 10.2 Å². The molecule has 0 unspecified atom stereocenters. The molecule has 1 aliphatic carbocycles. The van der Waals surface area contributed by atoms with Crippen LogP contribution in [0.25, 0.3) is 5.65 Å². The van der Waals surface area contributed by atoms with Crippen molar-refractivity contribution in [3.8, 4) is 5.75 Å². The predicted molar refractivity (Wildman–Crippen MR) is 185 cm³/mol. The number of hydrogen-bond donors (Lipinski definition) is 4. The molecule has 0 saturated heterocycles. The molecule has 0 saturated carbocycles. The lowest BCUT2D eigenvalue weighted by molar-refractivity contribution is 0.0943. The summed E-state index contributed by atoms with van der Waals surface area (Å²) in [5.74, 6) is 1.26. The normalized spacial score (nSPS) is 16.4. The van der Waals surface area contributed by atoms with Gasteiger partial charge in [-0.25, -0.2) is 9.78 Å². The van der Waals surface area contributed by atoms with E-state index in [4.69, 9.17) is 9.84 Å². The first-order chi connectivity index (χ1) is 22.7. The minimum Gasteiger partial charge on any atom is -0.484 e. The number of carbonyl (C=O) groups excluding carboxylic acids is 2. The van der Waals surface area contributed by atoms with Crippen molar-refractivity contribution < 1.29 is 19.4 Å². The number of benzene rings is 1. The summed E-state index contributed by atoms with van der Waals surface area (Å²) in [6.45, 7) is 13.9. The quantitative estimate of drug-likeness (QED) is 0.183. The van der Waals surface area contributed by atoms with Crippen molar-refractivity contribution in [2.24, 2.45) is 0 Å². The molecule has 0 aliphatic heterocycles. The molecule has 12 nitrogen and oxygen atoms in total. The van der Waals surface area contributed by atoms with Crippen LogP contribution < -0.4 is 20.7 Å². The summed E-state index contributed by atoms with van der Waals surface area (Å²) in [4.78, 5) is 33.0. The van der Waals surface area contributed by atoms with Gasteiger partial charge < -0.3 is 30.7 Å². The number of nitrogens with one attached hydrogen (secondary N) is 3. The molecule has 2 atom stereocenters. The zero-order valence-electron chi connectivity index (χ0n) is 29.0. The third-order valence-electron chi connectivity index (χ3n) is 8.41. The van der Waals surface area contributed by atoms with E-state index in [9.17, 15) is 9.59 Å². The molecule has 3 heterocycles. The molecule has 0 radical (unpaired) electrons. The van der Waals surface area contributed by atoms with Crippen molar-refractivity contribution >= 4 is 23.3 Å². The Morgan fingerprint density at radius 2 is 1.73 bits per heavy atom. The van der Waals surface area contributed by atoms with Crippen LogP contribution in [0.5, 0.6) is 5.75 Å². The highest BCUT2D eigenvalue weighted by atomic mass is 16.5. The lowest BCUT2D eigenvalue weighted by Crippen LogP contribution is -2.36. The van der Waals surface area contributed by atoms with Crippen LogP contribution in [-0.2, 0) is 10.8 Å². The van der Waals surface area contributed by atoms with E-state index < -0.39 is 0 Å². The van der Waals surface area contributed by atoms with Gasteiger partial charge in [-0.3, -0.25) is 9.20 Å². The SMILES string of the molecule is CN(CCO)CCNC(=O)c1cc(NC(=O)N[C@H]2CC[C@@H](Oc3ccc4nnc(C(C)(C)C)n4c3)c3ccccc32)cc(C(C)(C)C)n1. The third-order valence-corrected chi connectivity index (χ3v) is 8.41. The molecule has 0 fully saturated rings. The molecular formula is C36H48N8O4. The maximum absolute atomic E-state index is 13.4. The Balaban J connectivity index is 1.29. The molecule has 1 aromatic carbocycles. The number of aliphatic hydroxyl groups is 1. The van der Waals surface area contributed by atoms with Gasteiger partial charge in [-0.1, -0.05) is 65.8 Å². The second-order valence-electron chi connectivity index (χ2n) is 14.5. The maximum atomic E-state index is 13.4. The second-order valence-corrected chi connectivity index (χ2v) is 14.5. The summed E-state index contributed by atoms with van der Waals surface area (Å²) >= 11 is 0. The van der Waals surface area contributed by atoms with Crippen LogP contribution >= 0.6 is 0 Å². The zero-order valence-corrected chi connectivity index (χ0v) is 29.0. The van der Waals surface area contributed by atoms with E-state index in [1.165, 1.54) is 0 Å². The van der Waals surface area contributed by atoms with Crippen molar-refractivity contribution in [2.75, 3.05) is 38.6 Å². The lowest BCUT2D eigenvalue weighted by atomic mass is 9.85. The van der Waals surface area contributed by atoms with Gasteiger partial charge in [-0.2, -0.15) is 0 Å². The number of anilines is 1. The van der Waals surface area contributed by atoms with Crippen LogP contribution in [0.3, 0.4) is 0 Å². The molecule has 48 heavy (non-hydrogen) atoms. The number of likely N-dealkylation sites (N-methyl/N-ethyl adjacent to an activating group) is 1. The summed E-state index contributed by atoms with van der Waals surface area (Å²) in [6, 6.07) is 14.7. The molecular weight excluding hydrogens is 608 g/mol. The summed E-state index contributed by atoms with van der Waals surface area (Å²) in [7, 11) is 1.88. The number of urea groups is 1. The molecule has 12 heteroatoms. The van der Waals surface area contributed by atoms with Crippen LogP contribution in [-0.4, -0.2) is 74.8 Å². The van der Waals surface area contributed by atoms with E-state index in [0.717, 1.165) is 28.3 Å². The highest BCUT2D eigenvalue weighted by Gasteiger charge is 2.30. The van der Waals surface area contributed by atoms with E-state index in [1.807, 2.05) is 79.7 Å². The number of aromatic nitrogens is 4. The first-order valence-corrected chi connectivity index (χ1v) is 16.5. The fourth-order valence-electron chi connectivity index (χ4n) is 5.80. The number of carbonyl (C=O) groups is 2. The Morgan fingerprint density at radius 3 is 2.44 bits per heavy atom. The van der Waals surface area contributed by atoms with E-state index in [2.05, 4.69) is 58.0 Å². The number of aliphatic hydroxyl groups excluding tert-OH is 1. The van der Waals surface area contributed by atoms with Gasteiger partial charge >= 0.3 is 6.03 Å². The Bertz CT molecular complexity index is 1760. The second kappa shape index (κ2) is 14.3. The number of amides is 3. The van der Waals surface area contributed by atoms with E-state index in [1.54, 1.807) is 6.07 Å². The summed E-state index contributed by atoms with van der Waals surface area (Å²) in [6.07, 6.45) is 3.14. The Hall–Kier alpha value is -4.55. The molecule has 3 amide bonds. The number of ether oxygens (including phenoxy) is 1. The first-order valence-electron chi connectivity index (χ1n) is 16.5. The average Bonchev–Trinajstić information content (AvgIpc) is 3.46. The van der Waals surface area contributed by atoms with E-state index >= 15 is 0 Å². The van der Waals surface area contributed by atoms with Gasteiger partial charge in [0.2, 0.25) is 0 Å². The predicted octanol–water partition coefficient (Wildman–Crippen LogP) is 5.15. The fourth-order valence-corrected chi connectivity index (χ4v) is 5.80. The van der Waals surface area contributed by atoms with Crippen LogP contribution in [0.4, 0.5) is 10.5 Å². The smallest absolute Gasteiger partial charge is 0.319 e. The molecule has 5 rings (SSSR count). The van der Waals surface area contributed by atoms with Gasteiger partial charge in [0.25, 0.3) is 5.91 Å². The number of rotatable bonds is 10. The minimum atomic E-state index is -0.370. The zero-order chi connectivity index (χ0) is 34.6. The van der Waals surface area contributed by atoms with Gasteiger partial charge in [0, 0.05) is 41.8 Å². The van der Waals surface area contributed by atoms with Crippen molar-refractivity contribution in [3.05, 3.63) is 83.1 Å². The Labute approximate surface area is 282 Å². The van der Waals surface area contributed by atoms with E-state index in [-0.39, 0.29) is 47.2 Å². The van der Waals surface area contributed by atoms with Crippen molar-refractivity contribution in [1.29, 1.82) is 0 Å². The largest absolute Gasteiger partial charge is 0.484 e. The molecule has 4 aromatic rings. The molecule has 1 aliphatic rings. The Kier molecular flexibility index (Phi) is 10.4. The molecule has 3 aromatic heterocycles. The highest BCUT2D eigenvalue weighted by molar-refractivity contribution is 5.95. The van der Waals surface area contributed by atoms with Gasteiger partial charge in [-0.05, 0) is 55.3 Å². The summed E-state index contributed by atoms with van der Waals surface area (Å²) < 4.78 is 8.53. The van der Waals surface area contributed by atoms with E-state index in [0.29, 0.717) is 43.9 Å². The summed E-state index contributed by atoms with van der Waals surface area (Å²) in [5, 5.41) is 26.8. The molecule has 4 N–H and O–H groups in total. The van der Waals surface area contributed by atoms with Crippen molar-refractivity contribution in [1.82, 2.24) is 35.1 Å². The lowest BCUT2D eigenvalue weighted by Gasteiger charge is -2.32. The topological polar surface area (TPSA) is 146 Å². The number of nitrogens with zero attached hydrogens (tertiary/aromatic N) is 5. The number of fused-ring (bicyclic) bond motifs is 2. The monoisotopic (exact) mass is 656 g/mol. The number of pyridine rings is 2. The van der Waals surface area contributed by atoms with Gasteiger partial charge in [0.15, 0.2) is 5.65 Å². The number of hydrogen-bond acceptors (Lipinski definition) is 8. The Morgan fingerprint density at radius 1 is 0.979 bits per heavy atom. The average molecular weight is 657 g/mol. The maximum Gasteiger partial charge on any atom is 0.319 e. The van der Waals surface area contributed by atoms with Crippen LogP contribution in [0.2, 0.25) is 0 Å². The standard InChI is InChI=1S/C36H48N8O4/c1-35(2,3)30-21-23(20-28(39-30)32(46)37-16-17-43(7)18-19-45)38-34(47)40-27-13-14-29(26-11-9-8-10-25(26)27)48-24-12-15-31-41-42-33(36(4,5)6)44(31)22-24/h8-12,15,20-22,27,29,45H,13-14,16-19H2,1-7H3,(H,37,46)(H2,38,39,40,47)/t27-,29+/m0/s1. The minimum absolute atomic E-state index is 0.0533.